The second-order valence-electron chi connectivity index (χ2n) is 6.34. The zero-order chi connectivity index (χ0) is 23.7. The van der Waals surface area contributed by atoms with Crippen molar-refractivity contribution in [2.75, 3.05) is 13.1 Å². The summed E-state index contributed by atoms with van der Waals surface area (Å²) >= 11 is 0. The van der Waals surface area contributed by atoms with E-state index in [1.807, 2.05) is 10.0 Å². The number of sulfonamides is 1. The normalized spacial score (nSPS) is 10.7. The second-order valence-corrected chi connectivity index (χ2v) is 8.02. The molecule has 1 aromatic heterocycles. The van der Waals surface area contributed by atoms with Crippen LogP contribution < -0.4 is 25.8 Å². The molecule has 0 spiro atoms. The number of pyridine rings is 1. The Morgan fingerprint density at radius 3 is 2.31 bits per heavy atom. The molecule has 0 aliphatic carbocycles. The molecule has 0 atom stereocenters. The molecule has 170 valence electrons. The van der Waals surface area contributed by atoms with Gasteiger partial charge in [0.25, 0.3) is 15.9 Å². The summed E-state index contributed by atoms with van der Waals surface area (Å²) < 4.78 is 31.5. The zero-order valence-corrected chi connectivity index (χ0v) is 17.8. The van der Waals surface area contributed by atoms with Crippen LogP contribution in [0, 0.1) is 0 Å². The number of benzene rings is 1. The maximum absolute atomic E-state index is 12.4. The van der Waals surface area contributed by atoms with Crippen LogP contribution in [0.2, 0.25) is 0 Å². The lowest BCUT2D eigenvalue weighted by molar-refractivity contribution is -0.119. The Balaban J connectivity index is 1.98. The van der Waals surface area contributed by atoms with Gasteiger partial charge in [-0.3, -0.25) is 19.7 Å². The Hall–Kier alpha value is -3.84. The van der Waals surface area contributed by atoms with Gasteiger partial charge in [-0.1, -0.05) is 12.1 Å². The minimum Gasteiger partial charge on any atom is -0.391 e. The van der Waals surface area contributed by atoms with Crippen molar-refractivity contribution < 1.29 is 32.3 Å². The molecular weight excluding hydrogens is 442 g/mol. The van der Waals surface area contributed by atoms with E-state index >= 15 is 0 Å². The fourth-order valence-corrected chi connectivity index (χ4v) is 3.29. The Labute approximate surface area is 183 Å². The second kappa shape index (κ2) is 11.0. The molecule has 0 aliphatic heterocycles. The van der Waals surface area contributed by atoms with E-state index in [0.717, 1.165) is 17.8 Å². The molecule has 0 bridgehead atoms. The number of nitrogens with one attached hydrogen (secondary N) is 3. The summed E-state index contributed by atoms with van der Waals surface area (Å²) in [5, 5.41) is 4.48. The van der Waals surface area contributed by atoms with Gasteiger partial charge in [0.15, 0.2) is 0 Å². The van der Waals surface area contributed by atoms with Gasteiger partial charge in [-0.2, -0.15) is 0 Å². The van der Waals surface area contributed by atoms with Crippen LogP contribution in [0.4, 0.5) is 4.79 Å². The standard InChI is InChI=1S/C19H21N5O7S/c1-12(25)21-9-8-13-2-5-15(6-3-13)32(29,30)24-18(27)14-4-7-17(22-11-14)31-19(28)23-16(26)10-20/h2-7,11H,8-10,20H2,1H3,(H,21,25)(H,24,27)(H,23,26,28). The Kier molecular flexibility index (Phi) is 8.38. The molecule has 0 saturated heterocycles. The van der Waals surface area contributed by atoms with E-state index < -0.39 is 34.5 Å². The van der Waals surface area contributed by atoms with E-state index in [2.05, 4.69) is 10.3 Å². The first-order valence-corrected chi connectivity index (χ1v) is 10.7. The molecule has 1 aromatic carbocycles. The molecule has 13 heteroatoms. The van der Waals surface area contributed by atoms with E-state index in [1.165, 1.54) is 25.1 Å². The highest BCUT2D eigenvalue weighted by molar-refractivity contribution is 7.90. The van der Waals surface area contributed by atoms with Crippen molar-refractivity contribution in [2.45, 2.75) is 18.2 Å². The van der Waals surface area contributed by atoms with Crippen LogP contribution in [0.5, 0.6) is 5.88 Å². The topological polar surface area (TPSA) is 187 Å². The number of nitrogens with zero attached hydrogens (tertiary/aromatic N) is 1. The van der Waals surface area contributed by atoms with Crippen molar-refractivity contribution in [3.05, 3.63) is 53.7 Å². The summed E-state index contributed by atoms with van der Waals surface area (Å²) in [6.45, 7) is 1.41. The summed E-state index contributed by atoms with van der Waals surface area (Å²) in [6.07, 6.45) is 0.418. The quantitative estimate of drug-likeness (QED) is 0.398. The van der Waals surface area contributed by atoms with Gasteiger partial charge in [-0.05, 0) is 30.2 Å². The number of nitrogens with two attached hydrogens (primary N) is 1. The van der Waals surface area contributed by atoms with Gasteiger partial charge in [0.05, 0.1) is 17.0 Å². The van der Waals surface area contributed by atoms with Crippen LogP contribution in [0.3, 0.4) is 0 Å². The number of ether oxygens (including phenoxy) is 1. The number of rotatable bonds is 8. The average Bonchev–Trinajstić information content (AvgIpc) is 2.73. The fraction of sp³-hybridized carbons (Fsp3) is 0.211. The molecule has 0 saturated carbocycles. The van der Waals surface area contributed by atoms with Gasteiger partial charge in [0.2, 0.25) is 17.7 Å². The third kappa shape index (κ3) is 7.45. The smallest absolute Gasteiger partial charge is 0.391 e. The summed E-state index contributed by atoms with van der Waals surface area (Å²) in [7, 11) is -4.15. The summed E-state index contributed by atoms with van der Waals surface area (Å²) in [4.78, 5) is 49.2. The minimum atomic E-state index is -4.15. The first-order chi connectivity index (χ1) is 15.1. The van der Waals surface area contributed by atoms with Crippen LogP contribution in [-0.4, -0.2) is 50.3 Å². The maximum Gasteiger partial charge on any atom is 0.420 e. The minimum absolute atomic E-state index is 0.105. The van der Waals surface area contributed by atoms with Gasteiger partial charge in [-0.15, -0.1) is 0 Å². The van der Waals surface area contributed by atoms with Crippen molar-refractivity contribution in [3.8, 4) is 5.88 Å². The molecule has 2 rings (SSSR count). The van der Waals surface area contributed by atoms with Crippen LogP contribution in [0.25, 0.3) is 0 Å². The number of carbonyl (C=O) groups excluding carboxylic acids is 4. The number of hydrogen-bond donors (Lipinski definition) is 4. The molecule has 1 heterocycles. The highest BCUT2D eigenvalue weighted by Gasteiger charge is 2.19. The number of aromatic nitrogens is 1. The monoisotopic (exact) mass is 463 g/mol. The highest BCUT2D eigenvalue weighted by atomic mass is 32.2. The van der Waals surface area contributed by atoms with Crippen molar-refractivity contribution in [2.24, 2.45) is 5.73 Å². The van der Waals surface area contributed by atoms with E-state index in [0.29, 0.717) is 13.0 Å². The SMILES string of the molecule is CC(=O)NCCc1ccc(S(=O)(=O)NC(=O)c2ccc(OC(=O)NC(=O)CN)nc2)cc1. The van der Waals surface area contributed by atoms with Crippen molar-refractivity contribution in [3.63, 3.8) is 0 Å². The summed E-state index contributed by atoms with van der Waals surface area (Å²) in [5.74, 6) is -2.08. The zero-order valence-electron chi connectivity index (χ0n) is 17.0. The molecule has 12 nitrogen and oxygen atoms in total. The number of hydrogen-bond acceptors (Lipinski definition) is 9. The predicted octanol–water partition coefficient (Wildman–Crippen LogP) is -0.547. The molecule has 0 aliphatic rings. The Morgan fingerprint density at radius 1 is 1.06 bits per heavy atom. The number of imide groups is 1. The average molecular weight is 463 g/mol. The first-order valence-electron chi connectivity index (χ1n) is 9.19. The molecular formula is C19H21N5O7S. The maximum atomic E-state index is 12.4. The van der Waals surface area contributed by atoms with E-state index in [4.69, 9.17) is 10.5 Å². The van der Waals surface area contributed by atoms with Gasteiger partial charge in [0.1, 0.15) is 0 Å². The largest absolute Gasteiger partial charge is 0.420 e. The van der Waals surface area contributed by atoms with Crippen LogP contribution >= 0.6 is 0 Å². The van der Waals surface area contributed by atoms with Crippen molar-refractivity contribution >= 4 is 33.8 Å². The third-order valence-corrected chi connectivity index (χ3v) is 5.22. The van der Waals surface area contributed by atoms with Gasteiger partial charge in [0, 0.05) is 25.7 Å². The van der Waals surface area contributed by atoms with Gasteiger partial charge in [-0.25, -0.2) is 22.9 Å². The van der Waals surface area contributed by atoms with Crippen LogP contribution in [0.15, 0.2) is 47.5 Å². The summed E-state index contributed by atoms with van der Waals surface area (Å²) in [5.41, 5.74) is 5.75. The molecule has 4 amide bonds. The molecule has 0 unspecified atom stereocenters. The lowest BCUT2D eigenvalue weighted by atomic mass is 10.1. The molecule has 5 N–H and O–H groups in total. The van der Waals surface area contributed by atoms with E-state index in [-0.39, 0.29) is 22.2 Å². The predicted molar refractivity (Wildman–Crippen MR) is 111 cm³/mol. The van der Waals surface area contributed by atoms with Crippen LogP contribution in [0.1, 0.15) is 22.8 Å². The highest BCUT2D eigenvalue weighted by Crippen LogP contribution is 2.13. The molecule has 2 aromatic rings. The third-order valence-electron chi connectivity index (χ3n) is 3.87. The molecule has 32 heavy (non-hydrogen) atoms. The van der Waals surface area contributed by atoms with E-state index in [1.54, 1.807) is 12.1 Å². The lowest BCUT2D eigenvalue weighted by Crippen LogP contribution is -2.37. The van der Waals surface area contributed by atoms with E-state index in [9.17, 15) is 27.6 Å². The number of amides is 4. The van der Waals surface area contributed by atoms with Gasteiger partial charge < -0.3 is 15.8 Å². The molecule has 0 fully saturated rings. The number of carbonyl (C=O) groups is 4. The Bertz CT molecular complexity index is 1100. The van der Waals surface area contributed by atoms with Gasteiger partial charge >= 0.3 is 6.09 Å². The lowest BCUT2D eigenvalue weighted by Gasteiger charge is -2.09. The fourth-order valence-electron chi connectivity index (χ4n) is 2.32. The van der Waals surface area contributed by atoms with Crippen molar-refractivity contribution in [1.82, 2.24) is 20.3 Å². The van der Waals surface area contributed by atoms with Crippen molar-refractivity contribution in [1.29, 1.82) is 0 Å². The summed E-state index contributed by atoms with van der Waals surface area (Å²) in [6, 6.07) is 8.18. The Morgan fingerprint density at radius 2 is 1.75 bits per heavy atom. The van der Waals surface area contributed by atoms with Crippen LogP contribution in [-0.2, 0) is 26.0 Å². The first kappa shape index (κ1) is 24.4. The molecule has 0 radical (unpaired) electrons.